The lowest BCUT2D eigenvalue weighted by Crippen LogP contribution is -2.41. The van der Waals surface area contributed by atoms with Crippen molar-refractivity contribution in [1.29, 1.82) is 5.26 Å². The van der Waals surface area contributed by atoms with Crippen LogP contribution < -0.4 is 10.1 Å². The Balaban J connectivity index is 2.21. The van der Waals surface area contributed by atoms with Crippen LogP contribution in [0.4, 0.5) is 0 Å². The second-order valence-electron chi connectivity index (χ2n) is 6.07. The molecule has 0 unspecified atom stereocenters. The summed E-state index contributed by atoms with van der Waals surface area (Å²) in [5.74, 6) is 0.313. The SMILES string of the molecule is COc1cc(/C=C(\C#N)C(=O)N[C@@H]2CCCC[C@@H]2C)cc(Br)c1O. The molecular formula is C18H21BrN2O3. The van der Waals surface area contributed by atoms with Crippen LogP contribution in [0.25, 0.3) is 6.08 Å². The molecular weight excluding hydrogens is 372 g/mol. The van der Waals surface area contributed by atoms with E-state index in [1.165, 1.54) is 19.6 Å². The highest BCUT2D eigenvalue weighted by Gasteiger charge is 2.24. The molecule has 2 N–H and O–H groups in total. The van der Waals surface area contributed by atoms with E-state index in [2.05, 4.69) is 28.2 Å². The van der Waals surface area contributed by atoms with Crippen molar-refractivity contribution in [3.63, 3.8) is 0 Å². The monoisotopic (exact) mass is 392 g/mol. The molecule has 2 rings (SSSR count). The smallest absolute Gasteiger partial charge is 0.262 e. The van der Waals surface area contributed by atoms with Crippen LogP contribution in [0.5, 0.6) is 11.5 Å². The van der Waals surface area contributed by atoms with E-state index in [9.17, 15) is 15.2 Å². The number of halogens is 1. The summed E-state index contributed by atoms with van der Waals surface area (Å²) in [6.07, 6.45) is 5.83. The lowest BCUT2D eigenvalue weighted by atomic mass is 9.86. The predicted molar refractivity (Wildman–Crippen MR) is 95.5 cm³/mol. The first-order valence-corrected chi connectivity index (χ1v) is 8.74. The number of ether oxygens (including phenoxy) is 1. The normalized spacial score (nSPS) is 21.0. The van der Waals surface area contributed by atoms with Gasteiger partial charge in [0.2, 0.25) is 0 Å². The van der Waals surface area contributed by atoms with E-state index in [0.717, 1.165) is 19.3 Å². The van der Waals surface area contributed by atoms with Crippen LogP contribution in [-0.4, -0.2) is 24.2 Å². The van der Waals surface area contributed by atoms with Gasteiger partial charge in [-0.15, -0.1) is 0 Å². The lowest BCUT2D eigenvalue weighted by Gasteiger charge is -2.29. The molecule has 1 aliphatic rings. The van der Waals surface area contributed by atoms with Gasteiger partial charge in [0.1, 0.15) is 11.6 Å². The lowest BCUT2D eigenvalue weighted by molar-refractivity contribution is -0.118. The largest absolute Gasteiger partial charge is 0.503 e. The Bertz CT molecular complexity index is 694. The molecule has 0 bridgehead atoms. The van der Waals surface area contributed by atoms with E-state index in [0.29, 0.717) is 16.0 Å². The number of aromatic hydroxyl groups is 1. The Hall–Kier alpha value is -2.00. The minimum absolute atomic E-state index is 0.0198. The molecule has 6 heteroatoms. The van der Waals surface area contributed by atoms with Crippen LogP contribution in [-0.2, 0) is 4.79 Å². The van der Waals surface area contributed by atoms with Crippen molar-refractivity contribution in [3.05, 3.63) is 27.7 Å². The van der Waals surface area contributed by atoms with Crippen molar-refractivity contribution in [2.24, 2.45) is 5.92 Å². The zero-order valence-electron chi connectivity index (χ0n) is 13.8. The molecule has 5 nitrogen and oxygen atoms in total. The zero-order chi connectivity index (χ0) is 17.7. The van der Waals surface area contributed by atoms with E-state index >= 15 is 0 Å². The molecule has 1 aromatic carbocycles. The van der Waals surface area contributed by atoms with Gasteiger partial charge in [-0.2, -0.15) is 5.26 Å². The molecule has 1 saturated carbocycles. The summed E-state index contributed by atoms with van der Waals surface area (Å²) in [6, 6.07) is 5.28. The topological polar surface area (TPSA) is 82.3 Å². The van der Waals surface area contributed by atoms with Crippen LogP contribution >= 0.6 is 15.9 Å². The summed E-state index contributed by atoms with van der Waals surface area (Å²) in [7, 11) is 1.44. The van der Waals surface area contributed by atoms with Crippen LogP contribution in [0.15, 0.2) is 22.2 Å². The molecule has 24 heavy (non-hydrogen) atoms. The van der Waals surface area contributed by atoms with Gasteiger partial charge in [-0.05, 0) is 58.5 Å². The molecule has 1 amide bonds. The summed E-state index contributed by atoms with van der Waals surface area (Å²) in [6.45, 7) is 2.13. The standard InChI is InChI=1S/C18H21BrN2O3/c1-11-5-3-4-6-15(11)21-18(23)13(10-20)7-12-8-14(19)17(22)16(9-12)24-2/h7-9,11,15,22H,3-6H2,1-2H3,(H,21,23)/b13-7+/t11-,15+/m0/s1. The quantitative estimate of drug-likeness (QED) is 0.603. The van der Waals surface area contributed by atoms with Crippen LogP contribution in [0, 0.1) is 17.2 Å². The van der Waals surface area contributed by atoms with Crippen molar-refractivity contribution in [2.45, 2.75) is 38.6 Å². The third-order valence-corrected chi connectivity index (χ3v) is 4.98. The maximum atomic E-state index is 12.4. The highest BCUT2D eigenvalue weighted by Crippen LogP contribution is 2.35. The number of hydrogen-bond donors (Lipinski definition) is 2. The molecule has 0 aromatic heterocycles. The van der Waals surface area contributed by atoms with E-state index < -0.39 is 0 Å². The fraction of sp³-hybridized carbons (Fsp3) is 0.444. The maximum absolute atomic E-state index is 12.4. The number of phenols is 1. The Kier molecular flexibility index (Phi) is 6.27. The summed E-state index contributed by atoms with van der Waals surface area (Å²) >= 11 is 3.23. The molecule has 2 atom stereocenters. The van der Waals surface area contributed by atoms with Gasteiger partial charge in [0.25, 0.3) is 5.91 Å². The average Bonchev–Trinajstić information content (AvgIpc) is 2.57. The van der Waals surface area contributed by atoms with Crippen LogP contribution in [0.2, 0.25) is 0 Å². The summed E-state index contributed by atoms with van der Waals surface area (Å²) in [5.41, 5.74) is 0.632. The Morgan fingerprint density at radius 3 is 2.79 bits per heavy atom. The van der Waals surface area contributed by atoms with Gasteiger partial charge in [-0.25, -0.2) is 0 Å². The third-order valence-electron chi connectivity index (χ3n) is 4.37. The summed E-state index contributed by atoms with van der Waals surface area (Å²) in [5, 5.41) is 22.1. The Morgan fingerprint density at radius 2 is 2.17 bits per heavy atom. The van der Waals surface area contributed by atoms with Crippen molar-refractivity contribution >= 4 is 27.9 Å². The number of hydrogen-bond acceptors (Lipinski definition) is 4. The molecule has 0 radical (unpaired) electrons. The number of carbonyl (C=O) groups is 1. The molecule has 0 heterocycles. The number of nitrogens with zero attached hydrogens (tertiary/aromatic N) is 1. The third kappa shape index (κ3) is 4.30. The maximum Gasteiger partial charge on any atom is 0.262 e. The summed E-state index contributed by atoms with van der Waals surface area (Å²) < 4.78 is 5.52. The molecule has 0 saturated heterocycles. The predicted octanol–water partition coefficient (Wildman–Crippen LogP) is 3.77. The highest BCUT2D eigenvalue weighted by molar-refractivity contribution is 9.10. The van der Waals surface area contributed by atoms with Crippen molar-refractivity contribution < 1.29 is 14.6 Å². The van der Waals surface area contributed by atoms with Crippen LogP contribution in [0.1, 0.15) is 38.2 Å². The van der Waals surface area contributed by atoms with Gasteiger partial charge in [-0.3, -0.25) is 4.79 Å². The first kappa shape index (κ1) is 18.3. The fourth-order valence-electron chi connectivity index (χ4n) is 2.92. The second kappa shape index (κ2) is 8.20. The van der Waals surface area contributed by atoms with E-state index in [1.54, 1.807) is 12.1 Å². The number of benzene rings is 1. The second-order valence-corrected chi connectivity index (χ2v) is 6.92. The highest BCUT2D eigenvalue weighted by atomic mass is 79.9. The number of nitriles is 1. The molecule has 1 aliphatic carbocycles. The van der Waals surface area contributed by atoms with Gasteiger partial charge < -0.3 is 15.2 Å². The zero-order valence-corrected chi connectivity index (χ0v) is 15.4. The molecule has 0 spiro atoms. The number of nitrogens with one attached hydrogen (secondary N) is 1. The minimum atomic E-state index is -0.362. The molecule has 1 fully saturated rings. The number of phenolic OH excluding ortho intramolecular Hbond substituents is 1. The number of rotatable bonds is 4. The Labute approximate surface area is 150 Å². The first-order valence-electron chi connectivity index (χ1n) is 7.95. The van der Waals surface area contributed by atoms with Crippen molar-refractivity contribution in [3.8, 4) is 17.6 Å². The van der Waals surface area contributed by atoms with Gasteiger partial charge in [0, 0.05) is 6.04 Å². The van der Waals surface area contributed by atoms with Gasteiger partial charge in [-0.1, -0.05) is 19.8 Å². The fourth-order valence-corrected chi connectivity index (χ4v) is 3.38. The molecule has 1 aromatic rings. The number of carbonyl (C=O) groups excluding carboxylic acids is 1. The number of methoxy groups -OCH3 is 1. The van der Waals surface area contributed by atoms with E-state index in [1.807, 2.05) is 6.07 Å². The van der Waals surface area contributed by atoms with Gasteiger partial charge in [0.05, 0.1) is 11.6 Å². The van der Waals surface area contributed by atoms with E-state index in [4.69, 9.17) is 4.74 Å². The summed E-state index contributed by atoms with van der Waals surface area (Å²) in [4.78, 5) is 12.4. The molecule has 128 valence electrons. The van der Waals surface area contributed by atoms with Crippen molar-refractivity contribution in [2.75, 3.05) is 7.11 Å². The Morgan fingerprint density at radius 1 is 1.46 bits per heavy atom. The number of amides is 1. The van der Waals surface area contributed by atoms with E-state index in [-0.39, 0.29) is 29.0 Å². The minimum Gasteiger partial charge on any atom is -0.503 e. The average molecular weight is 393 g/mol. The van der Waals surface area contributed by atoms with Crippen molar-refractivity contribution in [1.82, 2.24) is 5.32 Å². The van der Waals surface area contributed by atoms with Crippen LogP contribution in [0.3, 0.4) is 0 Å². The molecule has 0 aliphatic heterocycles. The van der Waals surface area contributed by atoms with Gasteiger partial charge in [0.15, 0.2) is 11.5 Å². The van der Waals surface area contributed by atoms with Gasteiger partial charge >= 0.3 is 0 Å². The first-order chi connectivity index (χ1) is 11.5.